The predicted octanol–water partition coefficient (Wildman–Crippen LogP) is 8.84. The molecular formula is C47H54N2O5. The predicted molar refractivity (Wildman–Crippen MR) is 211 cm³/mol. The number of carbonyl (C=O) groups excluding carboxylic acids is 2. The van der Waals surface area contributed by atoms with Gasteiger partial charge in [0.2, 0.25) is 0 Å². The fourth-order valence-electron chi connectivity index (χ4n) is 12.5. The summed E-state index contributed by atoms with van der Waals surface area (Å²) in [6, 6.07) is 27.5. The Labute approximate surface area is 319 Å². The number of anilines is 1. The summed E-state index contributed by atoms with van der Waals surface area (Å²) < 4.78 is 6.03. The van der Waals surface area contributed by atoms with Gasteiger partial charge in [0.1, 0.15) is 0 Å². The van der Waals surface area contributed by atoms with Crippen LogP contribution >= 0.6 is 0 Å². The van der Waals surface area contributed by atoms with Crippen LogP contribution in [0.2, 0.25) is 0 Å². The van der Waals surface area contributed by atoms with Crippen molar-refractivity contribution in [1.29, 1.82) is 0 Å². The lowest BCUT2D eigenvalue weighted by Gasteiger charge is -2.71. The van der Waals surface area contributed by atoms with Crippen molar-refractivity contribution in [3.05, 3.63) is 114 Å². The summed E-state index contributed by atoms with van der Waals surface area (Å²) in [5.41, 5.74) is 1.59. The lowest BCUT2D eigenvalue weighted by Crippen LogP contribution is -2.67. The van der Waals surface area contributed by atoms with E-state index in [1.165, 1.54) is 0 Å². The first kappa shape index (κ1) is 35.6. The molecule has 1 unspecified atom stereocenters. The maximum Gasteiger partial charge on any atom is 0.322 e. The molecule has 7 aliphatic rings. The SMILES string of the molecule is C[C@]12CC[C@H]3[C@]4(C=C[C@@]5(C=C4C(=O)c4ccc(-c6ccccc6)cc4)CC(O)CC[C@]35C)[C@@H]1CC[C@@]2(O)CN(C[C@H]1CCCO1)C(=O)Nc1ccccc1. The molecule has 10 rings (SSSR count). The minimum atomic E-state index is -1.17. The van der Waals surface area contributed by atoms with E-state index >= 15 is 4.79 Å². The third-order valence-corrected chi connectivity index (χ3v) is 15.4. The van der Waals surface area contributed by atoms with Crippen LogP contribution in [0, 0.1) is 33.5 Å². The van der Waals surface area contributed by atoms with E-state index in [0.717, 1.165) is 67.3 Å². The number of nitrogens with one attached hydrogen (secondary N) is 1. The number of benzene rings is 3. The number of aliphatic hydroxyl groups is 2. The molecule has 0 radical (unpaired) electrons. The molecule has 9 atom stereocenters. The topological polar surface area (TPSA) is 99.1 Å². The van der Waals surface area contributed by atoms with Gasteiger partial charge in [-0.05, 0) is 98.3 Å². The quantitative estimate of drug-likeness (QED) is 0.159. The highest BCUT2D eigenvalue weighted by atomic mass is 16.5. The molecular weight excluding hydrogens is 673 g/mol. The highest BCUT2D eigenvalue weighted by Crippen LogP contribution is 2.78. The lowest BCUT2D eigenvalue weighted by atomic mass is 9.32. The maximum absolute atomic E-state index is 15.1. The van der Waals surface area contributed by atoms with Gasteiger partial charge in [0.15, 0.2) is 5.78 Å². The van der Waals surface area contributed by atoms with Crippen molar-refractivity contribution in [3.8, 4) is 11.1 Å². The third-order valence-electron chi connectivity index (χ3n) is 15.4. The van der Waals surface area contributed by atoms with Crippen LogP contribution in [-0.4, -0.2) is 64.4 Å². The second kappa shape index (κ2) is 13.0. The van der Waals surface area contributed by atoms with Gasteiger partial charge in [-0.1, -0.05) is 105 Å². The molecule has 6 aliphatic carbocycles. The zero-order valence-corrected chi connectivity index (χ0v) is 31.7. The Morgan fingerprint density at radius 1 is 0.815 bits per heavy atom. The molecule has 3 aromatic rings. The number of urea groups is 1. The molecule has 0 aromatic heterocycles. The second-order valence-corrected chi connectivity index (χ2v) is 17.9. The number of rotatable bonds is 8. The van der Waals surface area contributed by atoms with Crippen molar-refractivity contribution < 1.29 is 24.5 Å². The van der Waals surface area contributed by atoms with Crippen molar-refractivity contribution >= 4 is 17.5 Å². The van der Waals surface area contributed by atoms with Gasteiger partial charge < -0.3 is 25.2 Å². The van der Waals surface area contributed by atoms with Gasteiger partial charge in [0, 0.05) is 46.2 Å². The summed E-state index contributed by atoms with van der Waals surface area (Å²) >= 11 is 0. The number of fused-ring (bicyclic) bond motifs is 1. The first-order valence-electron chi connectivity index (χ1n) is 20.3. The first-order valence-corrected chi connectivity index (χ1v) is 20.3. The highest BCUT2D eigenvalue weighted by Gasteiger charge is 2.74. The molecule has 4 fully saturated rings. The van der Waals surface area contributed by atoms with Crippen LogP contribution in [0.4, 0.5) is 10.5 Å². The summed E-state index contributed by atoms with van der Waals surface area (Å²) in [5.74, 6) is 0.236. The molecule has 7 nitrogen and oxygen atoms in total. The summed E-state index contributed by atoms with van der Waals surface area (Å²) in [5, 5.41) is 27.3. The highest BCUT2D eigenvalue weighted by molar-refractivity contribution is 6.10. The number of ether oxygens (including phenoxy) is 1. The Hall–Kier alpha value is -4.04. The van der Waals surface area contributed by atoms with Crippen LogP contribution in [0.1, 0.15) is 82.0 Å². The normalized spacial score (nSPS) is 37.5. The smallest absolute Gasteiger partial charge is 0.322 e. The van der Waals surface area contributed by atoms with E-state index in [1.807, 2.05) is 72.8 Å². The van der Waals surface area contributed by atoms with Crippen molar-refractivity contribution in [1.82, 2.24) is 4.90 Å². The van der Waals surface area contributed by atoms with E-state index in [9.17, 15) is 15.0 Å². The number of nitrogens with zero attached hydrogens (tertiary/aromatic N) is 1. The zero-order chi connectivity index (χ0) is 37.3. The van der Waals surface area contributed by atoms with Crippen LogP contribution in [0.25, 0.3) is 11.1 Å². The number of Topliss-reactive ketones (excluding diaryl/α,β-unsaturated/α-hetero) is 1. The van der Waals surface area contributed by atoms with Gasteiger partial charge in [0.25, 0.3) is 0 Å². The standard InChI is InChI=1S/C47H54N2O5/c1-43-22-19-36(50)28-45(43)25-26-47(38(29-45)41(51)34-17-15-33(16-18-34)32-10-5-3-6-11-32)39(43)20-23-44(2)40(47)21-24-46(44,53)31-49(30-37-14-9-27-54-37)42(52)48-35-12-7-4-8-13-35/h3-8,10-13,15-18,25-26,29,36-37,39-40,50,53H,9,14,19-24,27-28,30-31H2,1-2H3,(H,48,52)/t36?,37-,39-,40-,43-,44+,45+,46-,47-/m1/s1. The molecule has 1 aliphatic heterocycles. The second-order valence-electron chi connectivity index (χ2n) is 17.9. The van der Waals surface area contributed by atoms with Crippen LogP contribution in [0.15, 0.2) is 109 Å². The Morgan fingerprint density at radius 2 is 1.48 bits per heavy atom. The van der Waals surface area contributed by atoms with Crippen LogP contribution < -0.4 is 5.32 Å². The molecule has 3 N–H and O–H groups in total. The van der Waals surface area contributed by atoms with Crippen LogP contribution in [-0.2, 0) is 4.74 Å². The Balaban J connectivity index is 1.09. The fraction of sp³-hybridized carbons (Fsp3) is 0.489. The Bertz CT molecular complexity index is 1970. The fourth-order valence-corrected chi connectivity index (χ4v) is 12.5. The molecule has 2 bridgehead atoms. The van der Waals surface area contributed by atoms with Crippen molar-refractivity contribution in [2.75, 3.05) is 25.0 Å². The summed E-state index contributed by atoms with van der Waals surface area (Å²) in [7, 11) is 0. The summed E-state index contributed by atoms with van der Waals surface area (Å²) in [6.07, 6.45) is 13.6. The maximum atomic E-state index is 15.1. The van der Waals surface area contributed by atoms with Crippen molar-refractivity contribution in [2.24, 2.45) is 33.5 Å². The molecule has 7 heteroatoms. The molecule has 54 heavy (non-hydrogen) atoms. The largest absolute Gasteiger partial charge is 0.393 e. The van der Waals surface area contributed by atoms with E-state index in [-0.39, 0.29) is 41.7 Å². The van der Waals surface area contributed by atoms with Crippen LogP contribution in [0.5, 0.6) is 0 Å². The van der Waals surface area contributed by atoms with Gasteiger partial charge in [-0.2, -0.15) is 0 Å². The van der Waals surface area contributed by atoms with Crippen LogP contribution in [0.3, 0.4) is 0 Å². The average Bonchev–Trinajstić information content (AvgIpc) is 3.80. The van der Waals surface area contributed by atoms with Gasteiger partial charge in [-0.3, -0.25) is 4.79 Å². The molecule has 282 valence electrons. The van der Waals surface area contributed by atoms with E-state index in [2.05, 4.69) is 49.5 Å². The number of aliphatic hydroxyl groups excluding tert-OH is 1. The minimum absolute atomic E-state index is 0.00691. The van der Waals surface area contributed by atoms with Gasteiger partial charge in [-0.25, -0.2) is 4.79 Å². The number of allylic oxidation sites excluding steroid dienone is 4. The van der Waals surface area contributed by atoms with Crippen molar-refractivity contribution in [2.45, 2.75) is 89.4 Å². The number of para-hydroxylation sites is 1. The van der Waals surface area contributed by atoms with E-state index in [1.54, 1.807) is 4.90 Å². The van der Waals surface area contributed by atoms with Gasteiger partial charge in [-0.15, -0.1) is 0 Å². The zero-order valence-electron chi connectivity index (χ0n) is 31.7. The molecule has 2 spiro atoms. The molecule has 2 amide bonds. The number of ketones is 1. The number of hydrogen-bond acceptors (Lipinski definition) is 5. The Kier molecular flexibility index (Phi) is 8.60. The monoisotopic (exact) mass is 726 g/mol. The van der Waals surface area contributed by atoms with E-state index in [0.29, 0.717) is 31.6 Å². The molecule has 1 heterocycles. The van der Waals surface area contributed by atoms with E-state index < -0.39 is 27.9 Å². The summed E-state index contributed by atoms with van der Waals surface area (Å²) in [6.45, 7) is 5.96. The number of carbonyl (C=O) groups is 2. The van der Waals surface area contributed by atoms with Crippen molar-refractivity contribution in [3.63, 3.8) is 0 Å². The van der Waals surface area contributed by atoms with Gasteiger partial charge >= 0.3 is 6.03 Å². The molecule has 3 saturated carbocycles. The minimum Gasteiger partial charge on any atom is -0.393 e. The first-order chi connectivity index (χ1) is 26.0. The molecule has 3 aromatic carbocycles. The Morgan fingerprint density at radius 3 is 2.20 bits per heavy atom. The average molecular weight is 727 g/mol. The number of amides is 2. The summed E-state index contributed by atoms with van der Waals surface area (Å²) in [4.78, 5) is 31.0. The van der Waals surface area contributed by atoms with Gasteiger partial charge in [0.05, 0.1) is 24.4 Å². The molecule has 1 saturated heterocycles. The number of hydrogen-bond donors (Lipinski definition) is 3. The van der Waals surface area contributed by atoms with E-state index in [4.69, 9.17) is 4.74 Å². The lowest BCUT2D eigenvalue weighted by molar-refractivity contribution is -0.175. The third kappa shape index (κ3) is 5.32.